The Morgan fingerprint density at radius 1 is 1.32 bits per heavy atom. The molecule has 1 saturated heterocycles. The lowest BCUT2D eigenvalue weighted by molar-refractivity contribution is 0.0185. The van der Waals surface area contributed by atoms with E-state index in [2.05, 4.69) is 50.1 Å². The summed E-state index contributed by atoms with van der Waals surface area (Å²) >= 11 is 0. The van der Waals surface area contributed by atoms with E-state index in [-0.39, 0.29) is 12.1 Å². The second kappa shape index (κ2) is 12.5. The number of nitrogens with two attached hydrogens (primary N) is 1. The predicted molar refractivity (Wildman–Crippen MR) is 140 cm³/mol. The molecule has 3 rings (SSSR count). The summed E-state index contributed by atoms with van der Waals surface area (Å²) in [6.45, 7) is 17.6. The molecule has 188 valence electrons. The first-order valence-electron chi connectivity index (χ1n) is 12.1. The van der Waals surface area contributed by atoms with Crippen LogP contribution in [-0.2, 0) is 4.74 Å². The van der Waals surface area contributed by atoms with Crippen molar-refractivity contribution < 1.29 is 9.53 Å². The summed E-state index contributed by atoms with van der Waals surface area (Å²) in [5.74, 6) is 0. The molecule has 34 heavy (non-hydrogen) atoms. The number of nitrogens with zero attached hydrogens (tertiary/aromatic N) is 4. The molecule has 1 amide bonds. The standard InChI is InChI=1S/C23H34N6O2.C3H8/c1-6-18(13-21-17(2)7-12-28(21)26-16-24)19-14-25-29(15-19)20-8-10-27(11-9-20)22(30)31-23(3,4)5;1-3-2/h6-7,12-15,20,26H,1,8-11,16,24H2,2-5H3;3H2,1-2H3/b18-13+;. The van der Waals surface area contributed by atoms with Crippen LogP contribution < -0.4 is 11.2 Å². The van der Waals surface area contributed by atoms with E-state index < -0.39 is 5.60 Å². The normalized spacial score (nSPS) is 14.9. The maximum absolute atomic E-state index is 12.3. The molecular weight excluding hydrogens is 428 g/mol. The highest BCUT2D eigenvalue weighted by Gasteiger charge is 2.28. The molecule has 2 aromatic rings. The van der Waals surface area contributed by atoms with E-state index in [0.29, 0.717) is 19.8 Å². The van der Waals surface area contributed by atoms with Crippen LogP contribution in [0.15, 0.2) is 37.3 Å². The van der Waals surface area contributed by atoms with Crippen molar-refractivity contribution in [3.8, 4) is 0 Å². The van der Waals surface area contributed by atoms with Crippen molar-refractivity contribution in [3.05, 3.63) is 54.1 Å². The average molecular weight is 471 g/mol. The van der Waals surface area contributed by atoms with Crippen LogP contribution in [0, 0.1) is 6.92 Å². The van der Waals surface area contributed by atoms with E-state index in [4.69, 9.17) is 10.5 Å². The highest BCUT2D eigenvalue weighted by molar-refractivity contribution is 5.86. The van der Waals surface area contributed by atoms with Gasteiger partial charge in [0.1, 0.15) is 5.60 Å². The lowest BCUT2D eigenvalue weighted by Crippen LogP contribution is -2.42. The Bertz CT molecular complexity index is 958. The van der Waals surface area contributed by atoms with E-state index in [1.54, 1.807) is 4.90 Å². The van der Waals surface area contributed by atoms with Crippen molar-refractivity contribution in [2.75, 3.05) is 25.2 Å². The third kappa shape index (κ3) is 7.52. The molecule has 0 spiro atoms. The molecular formula is C26H42N6O2. The Balaban J connectivity index is 0.00000129. The number of ether oxygens (including phenoxy) is 1. The Hall–Kier alpha value is -3.00. The fourth-order valence-electron chi connectivity index (χ4n) is 3.70. The Kier molecular flexibility index (Phi) is 9.98. The number of aryl methyl sites for hydroxylation is 1. The number of rotatable bonds is 6. The third-order valence-corrected chi connectivity index (χ3v) is 5.34. The fraction of sp³-hybridized carbons (Fsp3) is 0.538. The molecule has 0 unspecified atom stereocenters. The number of likely N-dealkylation sites (tertiary alicyclic amines) is 1. The minimum Gasteiger partial charge on any atom is -0.444 e. The molecule has 1 aliphatic rings. The summed E-state index contributed by atoms with van der Waals surface area (Å²) in [6.07, 6.45) is 12.5. The first-order chi connectivity index (χ1) is 16.1. The number of hydrogen-bond donors (Lipinski definition) is 2. The summed E-state index contributed by atoms with van der Waals surface area (Å²) in [5.41, 5.74) is 12.4. The molecule has 3 heterocycles. The molecule has 0 radical (unpaired) electrons. The lowest BCUT2D eigenvalue weighted by atomic mass is 10.1. The van der Waals surface area contributed by atoms with Crippen molar-refractivity contribution in [1.82, 2.24) is 19.4 Å². The van der Waals surface area contributed by atoms with Crippen LogP contribution >= 0.6 is 0 Å². The van der Waals surface area contributed by atoms with E-state index in [1.807, 2.05) is 54.7 Å². The maximum Gasteiger partial charge on any atom is 0.410 e. The minimum atomic E-state index is -0.476. The second-order valence-electron chi connectivity index (χ2n) is 9.53. The number of nitrogens with one attached hydrogen (secondary N) is 1. The highest BCUT2D eigenvalue weighted by Crippen LogP contribution is 2.26. The van der Waals surface area contributed by atoms with Crippen molar-refractivity contribution >= 4 is 17.7 Å². The van der Waals surface area contributed by atoms with Gasteiger partial charge in [0.15, 0.2) is 0 Å². The number of hydrogen-bond acceptors (Lipinski definition) is 5. The van der Waals surface area contributed by atoms with Crippen LogP contribution in [0.25, 0.3) is 11.6 Å². The van der Waals surface area contributed by atoms with Gasteiger partial charge >= 0.3 is 6.09 Å². The summed E-state index contributed by atoms with van der Waals surface area (Å²) in [5, 5.41) is 4.60. The Labute approximate surface area is 204 Å². The molecule has 3 N–H and O–H groups in total. The average Bonchev–Trinajstić information content (AvgIpc) is 3.39. The van der Waals surface area contributed by atoms with Crippen molar-refractivity contribution in [2.24, 2.45) is 5.73 Å². The Morgan fingerprint density at radius 2 is 1.97 bits per heavy atom. The van der Waals surface area contributed by atoms with Gasteiger partial charge in [-0.1, -0.05) is 32.9 Å². The first kappa shape index (κ1) is 27.2. The van der Waals surface area contributed by atoms with E-state index >= 15 is 0 Å². The predicted octanol–water partition coefficient (Wildman–Crippen LogP) is 5.17. The van der Waals surface area contributed by atoms with Crippen molar-refractivity contribution in [1.29, 1.82) is 0 Å². The van der Waals surface area contributed by atoms with Gasteiger partial charge < -0.3 is 20.8 Å². The monoisotopic (exact) mass is 470 g/mol. The van der Waals surface area contributed by atoms with E-state index in [1.165, 1.54) is 6.42 Å². The zero-order valence-corrected chi connectivity index (χ0v) is 21.7. The SMILES string of the molecule is C=C/C(=C\c1c(C)ccn1NCN)c1cnn(C2CCN(C(=O)OC(C)(C)C)CC2)c1.CCC. The minimum absolute atomic E-state index is 0.242. The van der Waals surface area contributed by atoms with Gasteiger partial charge in [0.25, 0.3) is 0 Å². The van der Waals surface area contributed by atoms with E-state index in [9.17, 15) is 4.79 Å². The van der Waals surface area contributed by atoms with Gasteiger partial charge in [-0.3, -0.25) is 9.36 Å². The molecule has 8 heteroatoms. The van der Waals surface area contributed by atoms with Gasteiger partial charge in [-0.15, -0.1) is 0 Å². The number of carbonyl (C=O) groups is 1. The molecule has 0 saturated carbocycles. The van der Waals surface area contributed by atoms with Gasteiger partial charge in [-0.05, 0) is 63.8 Å². The highest BCUT2D eigenvalue weighted by atomic mass is 16.6. The molecule has 1 fully saturated rings. The molecule has 1 aliphatic heterocycles. The van der Waals surface area contributed by atoms with E-state index in [0.717, 1.165) is 35.2 Å². The molecule has 8 nitrogen and oxygen atoms in total. The summed E-state index contributed by atoms with van der Waals surface area (Å²) < 4.78 is 9.40. The topological polar surface area (TPSA) is 90.3 Å². The number of carbonyl (C=O) groups excluding carboxylic acids is 1. The smallest absolute Gasteiger partial charge is 0.410 e. The summed E-state index contributed by atoms with van der Waals surface area (Å²) in [4.78, 5) is 14.1. The van der Waals surface area contributed by atoms with Gasteiger partial charge in [-0.25, -0.2) is 4.79 Å². The molecule has 0 aromatic carbocycles. The van der Waals surface area contributed by atoms with Crippen LogP contribution in [0.2, 0.25) is 0 Å². The Morgan fingerprint density at radius 3 is 2.53 bits per heavy atom. The van der Waals surface area contributed by atoms with Gasteiger partial charge in [0.2, 0.25) is 0 Å². The molecule has 2 aromatic heterocycles. The molecule has 0 atom stereocenters. The second-order valence-corrected chi connectivity index (χ2v) is 9.53. The zero-order chi connectivity index (χ0) is 25.3. The fourth-order valence-corrected chi connectivity index (χ4v) is 3.70. The van der Waals surface area contributed by atoms with Crippen LogP contribution in [-0.4, -0.2) is 50.8 Å². The quantitative estimate of drug-likeness (QED) is 0.449. The number of allylic oxidation sites excluding steroid dienone is 2. The van der Waals surface area contributed by atoms with Gasteiger partial charge in [-0.2, -0.15) is 5.10 Å². The summed E-state index contributed by atoms with van der Waals surface area (Å²) in [6, 6.07) is 2.29. The van der Waals surface area contributed by atoms with Crippen LogP contribution in [0.1, 0.15) is 76.7 Å². The number of amides is 1. The third-order valence-electron chi connectivity index (χ3n) is 5.34. The summed E-state index contributed by atoms with van der Waals surface area (Å²) in [7, 11) is 0. The lowest BCUT2D eigenvalue weighted by Gasteiger charge is -2.33. The van der Waals surface area contributed by atoms with Crippen LogP contribution in [0.5, 0.6) is 0 Å². The number of piperidine rings is 1. The van der Waals surface area contributed by atoms with Crippen LogP contribution in [0.4, 0.5) is 4.79 Å². The van der Waals surface area contributed by atoms with Crippen molar-refractivity contribution in [2.45, 2.75) is 72.4 Å². The molecule has 0 aliphatic carbocycles. The van der Waals surface area contributed by atoms with Gasteiger partial charge in [0.05, 0.1) is 24.6 Å². The first-order valence-corrected chi connectivity index (χ1v) is 12.1. The molecule has 0 bridgehead atoms. The largest absolute Gasteiger partial charge is 0.444 e. The van der Waals surface area contributed by atoms with Crippen LogP contribution in [0.3, 0.4) is 0 Å². The zero-order valence-electron chi connectivity index (χ0n) is 21.7. The maximum atomic E-state index is 12.3. The van der Waals surface area contributed by atoms with Gasteiger partial charge in [0, 0.05) is 31.0 Å². The van der Waals surface area contributed by atoms with Crippen molar-refractivity contribution in [3.63, 3.8) is 0 Å². The number of aromatic nitrogens is 3.